The third-order valence-corrected chi connectivity index (χ3v) is 4.45. The summed E-state index contributed by atoms with van der Waals surface area (Å²) < 4.78 is 5.82. The molecule has 0 bridgehead atoms. The molecule has 7 heteroatoms. The number of carbonyl (C=O) groups excluding carboxylic acids is 1. The monoisotopic (exact) mass is 391 g/mol. The second-order valence-electron chi connectivity index (χ2n) is 6.59. The average Bonchev–Trinajstić information content (AvgIpc) is 2.73. The van der Waals surface area contributed by atoms with Crippen LogP contribution in [0.25, 0.3) is 11.1 Å². The van der Waals surface area contributed by atoms with E-state index in [1.807, 2.05) is 30.3 Å². The Balaban J connectivity index is 1.58. The van der Waals surface area contributed by atoms with Gasteiger partial charge in [-0.1, -0.05) is 48.5 Å². The second kappa shape index (κ2) is 10.3. The largest absolute Gasteiger partial charge is 0.458 e. The minimum atomic E-state index is -0.0470. The van der Waals surface area contributed by atoms with Gasteiger partial charge in [0.1, 0.15) is 18.8 Å². The number of aromatic nitrogens is 3. The number of hydrogen-bond acceptors (Lipinski definition) is 6. The van der Waals surface area contributed by atoms with Gasteiger partial charge in [-0.2, -0.15) is 9.97 Å². The van der Waals surface area contributed by atoms with Gasteiger partial charge in [0, 0.05) is 20.0 Å². The molecular formula is C22H25N5O2. The van der Waals surface area contributed by atoms with Crippen LogP contribution in [-0.2, 0) is 17.9 Å². The van der Waals surface area contributed by atoms with Gasteiger partial charge >= 0.3 is 6.01 Å². The van der Waals surface area contributed by atoms with Gasteiger partial charge in [-0.25, -0.2) is 4.98 Å². The van der Waals surface area contributed by atoms with E-state index in [1.54, 1.807) is 0 Å². The van der Waals surface area contributed by atoms with Crippen LogP contribution in [0.3, 0.4) is 0 Å². The van der Waals surface area contributed by atoms with E-state index in [-0.39, 0.29) is 5.91 Å². The van der Waals surface area contributed by atoms with E-state index < -0.39 is 0 Å². The molecule has 0 aliphatic heterocycles. The van der Waals surface area contributed by atoms with Crippen molar-refractivity contribution in [2.45, 2.75) is 27.0 Å². The minimum Gasteiger partial charge on any atom is -0.458 e. The highest BCUT2D eigenvalue weighted by Crippen LogP contribution is 2.26. The fourth-order valence-electron chi connectivity index (χ4n) is 2.91. The fraction of sp³-hybridized carbons (Fsp3) is 0.273. The van der Waals surface area contributed by atoms with Crippen molar-refractivity contribution in [2.75, 3.05) is 13.1 Å². The van der Waals surface area contributed by atoms with Crippen molar-refractivity contribution in [3.63, 3.8) is 0 Å². The smallest absolute Gasteiger partial charge is 0.320 e. The van der Waals surface area contributed by atoms with Crippen LogP contribution in [0, 0.1) is 6.92 Å². The van der Waals surface area contributed by atoms with Crippen molar-refractivity contribution in [3.05, 3.63) is 71.8 Å². The van der Waals surface area contributed by atoms with Gasteiger partial charge in [-0.15, -0.1) is 0 Å². The van der Waals surface area contributed by atoms with Gasteiger partial charge in [-0.05, 0) is 29.2 Å². The Kier molecular flexibility index (Phi) is 7.24. The average molecular weight is 391 g/mol. The van der Waals surface area contributed by atoms with Crippen LogP contribution in [0.2, 0.25) is 0 Å². The number of amides is 1. The Morgan fingerprint density at radius 3 is 2.66 bits per heavy atom. The first-order valence-electron chi connectivity index (χ1n) is 9.53. The van der Waals surface area contributed by atoms with Crippen LogP contribution < -0.4 is 15.4 Å². The minimum absolute atomic E-state index is 0.0470. The Labute approximate surface area is 170 Å². The SMILES string of the molecule is CC(=O)NCCNCc1ncnc(OCc2cccc(-c3ccccc3)c2C)n1. The zero-order valence-electron chi connectivity index (χ0n) is 16.7. The lowest BCUT2D eigenvalue weighted by Gasteiger charge is -2.12. The Morgan fingerprint density at radius 2 is 1.86 bits per heavy atom. The third kappa shape index (κ3) is 6.08. The molecule has 7 nitrogen and oxygen atoms in total. The van der Waals surface area contributed by atoms with Gasteiger partial charge in [0.15, 0.2) is 0 Å². The molecule has 29 heavy (non-hydrogen) atoms. The van der Waals surface area contributed by atoms with E-state index in [4.69, 9.17) is 4.74 Å². The number of ether oxygens (including phenoxy) is 1. The van der Waals surface area contributed by atoms with Gasteiger partial charge in [-0.3, -0.25) is 4.79 Å². The molecule has 0 aliphatic rings. The number of nitrogens with zero attached hydrogens (tertiary/aromatic N) is 3. The topological polar surface area (TPSA) is 89.0 Å². The van der Waals surface area contributed by atoms with E-state index in [2.05, 4.69) is 50.7 Å². The number of nitrogens with one attached hydrogen (secondary N) is 2. The van der Waals surface area contributed by atoms with Crippen LogP contribution in [0.5, 0.6) is 6.01 Å². The van der Waals surface area contributed by atoms with Crippen LogP contribution in [0.4, 0.5) is 0 Å². The summed E-state index contributed by atoms with van der Waals surface area (Å²) in [6.07, 6.45) is 1.44. The Morgan fingerprint density at radius 1 is 1.03 bits per heavy atom. The van der Waals surface area contributed by atoms with E-state index in [1.165, 1.54) is 29.9 Å². The normalized spacial score (nSPS) is 10.6. The molecule has 0 spiro atoms. The highest BCUT2D eigenvalue weighted by atomic mass is 16.5. The van der Waals surface area contributed by atoms with E-state index >= 15 is 0 Å². The van der Waals surface area contributed by atoms with Crippen molar-refractivity contribution >= 4 is 5.91 Å². The maximum Gasteiger partial charge on any atom is 0.320 e. The first-order valence-corrected chi connectivity index (χ1v) is 9.53. The molecule has 0 saturated carbocycles. The van der Waals surface area contributed by atoms with E-state index in [0.717, 1.165) is 5.56 Å². The zero-order valence-corrected chi connectivity index (χ0v) is 16.7. The molecule has 2 N–H and O–H groups in total. The summed E-state index contributed by atoms with van der Waals surface area (Å²) >= 11 is 0. The lowest BCUT2D eigenvalue weighted by Crippen LogP contribution is -2.30. The molecule has 3 rings (SSSR count). The molecular weight excluding hydrogens is 366 g/mol. The lowest BCUT2D eigenvalue weighted by molar-refractivity contribution is -0.118. The summed E-state index contributed by atoms with van der Waals surface area (Å²) in [5.74, 6) is 0.543. The van der Waals surface area contributed by atoms with Crippen molar-refractivity contribution in [3.8, 4) is 17.1 Å². The highest BCUT2D eigenvalue weighted by molar-refractivity contribution is 5.72. The quantitative estimate of drug-likeness (QED) is 0.545. The third-order valence-electron chi connectivity index (χ3n) is 4.45. The van der Waals surface area contributed by atoms with Crippen molar-refractivity contribution in [1.29, 1.82) is 0 Å². The maximum atomic E-state index is 10.8. The molecule has 0 saturated heterocycles. The van der Waals surface area contributed by atoms with Crippen LogP contribution in [-0.4, -0.2) is 33.9 Å². The summed E-state index contributed by atoms with van der Waals surface area (Å²) in [4.78, 5) is 23.4. The van der Waals surface area contributed by atoms with Gasteiger partial charge in [0.25, 0.3) is 0 Å². The lowest BCUT2D eigenvalue weighted by atomic mass is 9.97. The van der Waals surface area contributed by atoms with Gasteiger partial charge in [0.05, 0.1) is 6.54 Å². The van der Waals surface area contributed by atoms with Crippen molar-refractivity contribution in [2.24, 2.45) is 0 Å². The number of hydrogen-bond donors (Lipinski definition) is 2. The summed E-state index contributed by atoms with van der Waals surface area (Å²) in [5, 5.41) is 5.89. The molecule has 150 valence electrons. The van der Waals surface area contributed by atoms with Crippen molar-refractivity contribution < 1.29 is 9.53 Å². The first-order chi connectivity index (χ1) is 14.1. The molecule has 0 atom stereocenters. The molecule has 0 fully saturated rings. The second-order valence-corrected chi connectivity index (χ2v) is 6.59. The number of benzene rings is 2. The number of rotatable bonds is 9. The Bertz CT molecular complexity index is 947. The van der Waals surface area contributed by atoms with Gasteiger partial charge < -0.3 is 15.4 Å². The molecule has 1 amide bonds. The maximum absolute atomic E-state index is 10.8. The number of carbonyl (C=O) groups is 1. The summed E-state index contributed by atoms with van der Waals surface area (Å²) in [7, 11) is 0. The van der Waals surface area contributed by atoms with E-state index in [9.17, 15) is 4.79 Å². The summed E-state index contributed by atoms with van der Waals surface area (Å²) in [6.45, 7) is 5.63. The molecule has 3 aromatic rings. The molecule has 0 unspecified atom stereocenters. The molecule has 1 aromatic heterocycles. The standard InChI is InChI=1S/C22H25N5O2/c1-16-19(9-6-10-20(16)18-7-4-3-5-8-18)14-29-22-26-15-25-21(27-22)13-23-11-12-24-17(2)28/h3-10,15,23H,11-14H2,1-2H3,(H,24,28). The van der Waals surface area contributed by atoms with E-state index in [0.29, 0.717) is 38.1 Å². The first kappa shape index (κ1) is 20.4. The fourth-order valence-corrected chi connectivity index (χ4v) is 2.91. The molecule has 0 radical (unpaired) electrons. The predicted octanol–water partition coefficient (Wildman–Crippen LogP) is 2.65. The predicted molar refractivity (Wildman–Crippen MR) is 111 cm³/mol. The zero-order chi connectivity index (χ0) is 20.5. The van der Waals surface area contributed by atoms with Crippen LogP contribution in [0.15, 0.2) is 54.9 Å². The highest BCUT2D eigenvalue weighted by Gasteiger charge is 2.08. The van der Waals surface area contributed by atoms with Crippen LogP contribution >= 0.6 is 0 Å². The Hall–Kier alpha value is -3.32. The van der Waals surface area contributed by atoms with Crippen molar-refractivity contribution in [1.82, 2.24) is 25.6 Å². The van der Waals surface area contributed by atoms with Crippen LogP contribution in [0.1, 0.15) is 23.9 Å². The molecule has 1 heterocycles. The molecule has 2 aromatic carbocycles. The molecule has 0 aliphatic carbocycles. The van der Waals surface area contributed by atoms with Gasteiger partial charge in [0.2, 0.25) is 5.91 Å². The summed E-state index contributed by atoms with van der Waals surface area (Å²) in [6, 6.07) is 16.8. The summed E-state index contributed by atoms with van der Waals surface area (Å²) in [5.41, 5.74) is 4.63.